The van der Waals surface area contributed by atoms with Gasteiger partial charge in [-0.25, -0.2) is 9.97 Å². The Morgan fingerprint density at radius 1 is 1.29 bits per heavy atom. The molecule has 14 heavy (non-hydrogen) atoms. The van der Waals surface area contributed by atoms with Crippen LogP contribution in [0.2, 0.25) is 0 Å². The minimum Gasteiger partial charge on any atom is -0.383 e. The van der Waals surface area contributed by atoms with Gasteiger partial charge in [0.1, 0.15) is 11.6 Å². The van der Waals surface area contributed by atoms with Crippen LogP contribution in [0.25, 0.3) is 10.9 Å². The number of hydrogen-bond donors (Lipinski definition) is 2. The van der Waals surface area contributed by atoms with Crippen LogP contribution in [0.4, 0.5) is 5.82 Å². The van der Waals surface area contributed by atoms with E-state index in [1.54, 1.807) is 0 Å². The molecule has 72 valence electrons. The van der Waals surface area contributed by atoms with Gasteiger partial charge in [-0.2, -0.15) is 0 Å². The van der Waals surface area contributed by atoms with E-state index in [0.717, 1.165) is 15.4 Å². The Hall–Kier alpha value is -1.20. The highest BCUT2D eigenvalue weighted by atomic mass is 79.9. The van der Waals surface area contributed by atoms with E-state index in [9.17, 15) is 0 Å². The first kappa shape index (κ1) is 9.36. The number of anilines is 1. The number of halogens is 1. The molecule has 0 unspecified atom stereocenters. The molecule has 5 heteroatoms. The molecule has 4 nitrogen and oxygen atoms in total. The molecule has 0 atom stereocenters. The molecule has 0 aliphatic heterocycles. The maximum Gasteiger partial charge on any atom is 0.144 e. The highest BCUT2D eigenvalue weighted by Gasteiger charge is 2.03. The molecule has 0 fully saturated rings. The molecular formula is C9H9BrN4. The van der Waals surface area contributed by atoms with Crippen molar-refractivity contribution in [1.29, 1.82) is 0 Å². The summed E-state index contributed by atoms with van der Waals surface area (Å²) < 4.78 is 0.959. The molecule has 0 amide bonds. The molecule has 2 rings (SSSR count). The second-order valence-electron chi connectivity index (χ2n) is 2.89. The fourth-order valence-electron chi connectivity index (χ4n) is 1.27. The van der Waals surface area contributed by atoms with Gasteiger partial charge in [0.15, 0.2) is 0 Å². The zero-order chi connectivity index (χ0) is 10.1. The summed E-state index contributed by atoms with van der Waals surface area (Å²) in [6, 6.07) is 5.69. The van der Waals surface area contributed by atoms with Crippen LogP contribution in [-0.4, -0.2) is 9.97 Å². The van der Waals surface area contributed by atoms with Gasteiger partial charge in [-0.3, -0.25) is 0 Å². The van der Waals surface area contributed by atoms with Gasteiger partial charge in [0.2, 0.25) is 0 Å². The van der Waals surface area contributed by atoms with Crippen LogP contribution in [0.15, 0.2) is 22.7 Å². The van der Waals surface area contributed by atoms with Gasteiger partial charge in [0.25, 0.3) is 0 Å². The molecule has 0 saturated heterocycles. The van der Waals surface area contributed by atoms with Crippen LogP contribution in [-0.2, 0) is 6.54 Å². The summed E-state index contributed by atoms with van der Waals surface area (Å²) in [6.07, 6.45) is 0. The van der Waals surface area contributed by atoms with E-state index in [1.165, 1.54) is 0 Å². The van der Waals surface area contributed by atoms with Crippen LogP contribution in [0.3, 0.4) is 0 Å². The third-order valence-corrected chi connectivity index (χ3v) is 2.41. The molecule has 4 N–H and O–H groups in total. The number of benzene rings is 1. The van der Waals surface area contributed by atoms with Crippen molar-refractivity contribution in [2.45, 2.75) is 6.54 Å². The first-order valence-electron chi connectivity index (χ1n) is 4.12. The standard InChI is InChI=1S/C9H9BrN4/c10-5-1-2-7-6(3-5)9(12)14-8(4-11)13-7/h1-3H,4,11H2,(H2,12,13,14). The van der Waals surface area contributed by atoms with Crippen LogP contribution in [0, 0.1) is 0 Å². The molecule has 2 aromatic rings. The van der Waals surface area contributed by atoms with Crippen molar-refractivity contribution in [1.82, 2.24) is 9.97 Å². The highest BCUT2D eigenvalue weighted by Crippen LogP contribution is 2.22. The zero-order valence-electron chi connectivity index (χ0n) is 7.37. The molecule has 1 aromatic heterocycles. The largest absolute Gasteiger partial charge is 0.383 e. The zero-order valence-corrected chi connectivity index (χ0v) is 8.95. The Morgan fingerprint density at radius 3 is 2.79 bits per heavy atom. The number of nitrogen functional groups attached to an aromatic ring is 1. The van der Waals surface area contributed by atoms with Crippen molar-refractivity contribution < 1.29 is 0 Å². The Labute approximate surface area is 89.5 Å². The average molecular weight is 253 g/mol. The maximum atomic E-state index is 5.77. The van der Waals surface area contributed by atoms with E-state index in [1.807, 2.05) is 18.2 Å². The predicted molar refractivity (Wildman–Crippen MR) is 59.5 cm³/mol. The molecule has 1 aromatic carbocycles. The Kier molecular flexibility index (Phi) is 2.35. The molecule has 1 heterocycles. The first-order chi connectivity index (χ1) is 6.70. The summed E-state index contributed by atoms with van der Waals surface area (Å²) >= 11 is 3.37. The number of nitrogens with zero attached hydrogens (tertiary/aromatic N) is 2. The summed E-state index contributed by atoms with van der Waals surface area (Å²) in [7, 11) is 0. The second-order valence-corrected chi connectivity index (χ2v) is 3.81. The number of nitrogens with two attached hydrogens (primary N) is 2. The smallest absolute Gasteiger partial charge is 0.144 e. The number of hydrogen-bond acceptors (Lipinski definition) is 4. The van der Waals surface area contributed by atoms with Gasteiger partial charge in [-0.05, 0) is 18.2 Å². The van der Waals surface area contributed by atoms with E-state index >= 15 is 0 Å². The third-order valence-electron chi connectivity index (χ3n) is 1.92. The predicted octanol–water partition coefficient (Wildman–Crippen LogP) is 1.43. The summed E-state index contributed by atoms with van der Waals surface area (Å²) in [5, 5.41) is 0.844. The lowest BCUT2D eigenvalue weighted by Gasteiger charge is -2.03. The lowest BCUT2D eigenvalue weighted by molar-refractivity contribution is 0.930. The van der Waals surface area contributed by atoms with Crippen LogP contribution >= 0.6 is 15.9 Å². The monoisotopic (exact) mass is 252 g/mol. The third kappa shape index (κ3) is 1.56. The number of fused-ring (bicyclic) bond motifs is 1. The van der Waals surface area contributed by atoms with E-state index in [-0.39, 0.29) is 0 Å². The van der Waals surface area contributed by atoms with Crippen molar-refractivity contribution >= 4 is 32.7 Å². The minimum atomic E-state index is 0.302. The first-order valence-corrected chi connectivity index (χ1v) is 4.91. The van der Waals surface area contributed by atoms with Gasteiger partial charge in [-0.15, -0.1) is 0 Å². The number of aromatic nitrogens is 2. The summed E-state index contributed by atoms with van der Waals surface area (Å²) in [4.78, 5) is 8.34. The Morgan fingerprint density at radius 2 is 2.07 bits per heavy atom. The van der Waals surface area contributed by atoms with Gasteiger partial charge in [-0.1, -0.05) is 15.9 Å². The quantitative estimate of drug-likeness (QED) is 0.805. The highest BCUT2D eigenvalue weighted by molar-refractivity contribution is 9.10. The van der Waals surface area contributed by atoms with Crippen LogP contribution in [0.1, 0.15) is 5.82 Å². The molecular weight excluding hydrogens is 244 g/mol. The van der Waals surface area contributed by atoms with Crippen molar-refractivity contribution in [2.75, 3.05) is 5.73 Å². The minimum absolute atomic E-state index is 0.302. The molecule has 0 spiro atoms. The summed E-state index contributed by atoms with van der Waals surface area (Å²) in [5.41, 5.74) is 12.0. The van der Waals surface area contributed by atoms with Crippen molar-refractivity contribution in [3.05, 3.63) is 28.5 Å². The SMILES string of the molecule is NCc1nc(N)c2cc(Br)ccc2n1. The molecule has 0 bridgehead atoms. The van der Waals surface area contributed by atoms with E-state index in [2.05, 4.69) is 25.9 Å². The van der Waals surface area contributed by atoms with E-state index in [4.69, 9.17) is 11.5 Å². The van der Waals surface area contributed by atoms with Gasteiger partial charge in [0.05, 0.1) is 12.1 Å². The van der Waals surface area contributed by atoms with Crippen molar-refractivity contribution in [3.8, 4) is 0 Å². The van der Waals surface area contributed by atoms with E-state index < -0.39 is 0 Å². The Bertz CT molecular complexity index is 483. The topological polar surface area (TPSA) is 77.8 Å². The fraction of sp³-hybridized carbons (Fsp3) is 0.111. The van der Waals surface area contributed by atoms with E-state index in [0.29, 0.717) is 18.2 Å². The maximum absolute atomic E-state index is 5.77. The van der Waals surface area contributed by atoms with Crippen molar-refractivity contribution in [2.24, 2.45) is 5.73 Å². The summed E-state index contributed by atoms with van der Waals surface area (Å²) in [5.74, 6) is 1.04. The number of rotatable bonds is 1. The molecule has 0 saturated carbocycles. The average Bonchev–Trinajstić information content (AvgIpc) is 2.19. The molecule has 0 aliphatic carbocycles. The van der Waals surface area contributed by atoms with Gasteiger partial charge in [0, 0.05) is 9.86 Å². The van der Waals surface area contributed by atoms with Gasteiger partial charge >= 0.3 is 0 Å². The Balaban J connectivity index is 2.76. The van der Waals surface area contributed by atoms with Crippen molar-refractivity contribution in [3.63, 3.8) is 0 Å². The van der Waals surface area contributed by atoms with Crippen LogP contribution in [0.5, 0.6) is 0 Å². The normalized spacial score (nSPS) is 10.7. The van der Waals surface area contributed by atoms with Crippen LogP contribution < -0.4 is 11.5 Å². The summed E-state index contributed by atoms with van der Waals surface area (Å²) in [6.45, 7) is 0.302. The molecule has 0 radical (unpaired) electrons. The lowest BCUT2D eigenvalue weighted by Crippen LogP contribution is -2.05. The lowest BCUT2D eigenvalue weighted by atomic mass is 10.2. The van der Waals surface area contributed by atoms with Gasteiger partial charge < -0.3 is 11.5 Å². The second kappa shape index (κ2) is 3.51. The molecule has 0 aliphatic rings. The fourth-order valence-corrected chi connectivity index (χ4v) is 1.63.